The van der Waals surface area contributed by atoms with Crippen LogP contribution in [0.2, 0.25) is 5.02 Å². The van der Waals surface area contributed by atoms with Crippen LogP contribution in [0.3, 0.4) is 0 Å². The van der Waals surface area contributed by atoms with Crippen molar-refractivity contribution in [3.63, 3.8) is 0 Å². The Morgan fingerprint density at radius 1 is 1.41 bits per heavy atom. The van der Waals surface area contributed by atoms with E-state index in [9.17, 15) is 5.26 Å². The summed E-state index contributed by atoms with van der Waals surface area (Å²) in [5.74, 6) is 0. The van der Waals surface area contributed by atoms with Gasteiger partial charge < -0.3 is 4.74 Å². The molecule has 3 heteroatoms. The average Bonchev–Trinajstić information content (AvgIpc) is 2.93. The lowest BCUT2D eigenvalue weighted by molar-refractivity contribution is 0.0788. The normalized spacial score (nSPS) is 34.8. The molecule has 1 aromatic carbocycles. The molecule has 3 rings (SSSR count). The van der Waals surface area contributed by atoms with E-state index >= 15 is 0 Å². The molecule has 0 saturated carbocycles. The fourth-order valence-corrected chi connectivity index (χ4v) is 3.33. The molecule has 0 aliphatic carbocycles. The van der Waals surface area contributed by atoms with Crippen LogP contribution < -0.4 is 0 Å². The van der Waals surface area contributed by atoms with E-state index in [0.717, 1.165) is 29.8 Å². The summed E-state index contributed by atoms with van der Waals surface area (Å²) in [6, 6.07) is 10.3. The predicted molar refractivity (Wildman–Crippen MR) is 65.7 cm³/mol. The summed E-state index contributed by atoms with van der Waals surface area (Å²) in [6.07, 6.45) is 4.10. The zero-order valence-corrected chi connectivity index (χ0v) is 10.3. The number of fused-ring (bicyclic) bond motifs is 2. The number of nitrogens with zero attached hydrogens (tertiary/aromatic N) is 1. The van der Waals surface area contributed by atoms with Gasteiger partial charge in [-0.1, -0.05) is 29.8 Å². The summed E-state index contributed by atoms with van der Waals surface area (Å²) in [5, 5.41) is 10.3. The third-order valence-corrected chi connectivity index (χ3v) is 4.37. The van der Waals surface area contributed by atoms with Crippen LogP contribution in [-0.2, 0) is 11.2 Å². The maximum absolute atomic E-state index is 9.52. The molecule has 0 amide bonds. The molecule has 2 bridgehead atoms. The molecule has 0 N–H and O–H groups in total. The van der Waals surface area contributed by atoms with Gasteiger partial charge in [-0.3, -0.25) is 0 Å². The summed E-state index contributed by atoms with van der Waals surface area (Å²) in [4.78, 5) is 0. The van der Waals surface area contributed by atoms with Gasteiger partial charge in [0, 0.05) is 5.02 Å². The molecule has 2 saturated heterocycles. The van der Waals surface area contributed by atoms with E-state index in [2.05, 4.69) is 6.07 Å². The van der Waals surface area contributed by atoms with Gasteiger partial charge in [0.05, 0.1) is 23.7 Å². The van der Waals surface area contributed by atoms with Crippen molar-refractivity contribution in [2.75, 3.05) is 0 Å². The van der Waals surface area contributed by atoms with E-state index in [1.165, 1.54) is 0 Å². The fraction of sp³-hybridized carbons (Fsp3) is 0.500. The molecular formula is C14H14ClNO. The number of rotatable bonds is 2. The SMILES string of the molecule is N#CC1(Cc2ccccc2Cl)CC2CCC1O2. The van der Waals surface area contributed by atoms with Crippen LogP contribution in [0.1, 0.15) is 24.8 Å². The number of ether oxygens (including phenoxy) is 1. The van der Waals surface area contributed by atoms with Gasteiger partial charge in [-0.25, -0.2) is 0 Å². The van der Waals surface area contributed by atoms with E-state index in [4.69, 9.17) is 16.3 Å². The molecule has 0 radical (unpaired) electrons. The first-order valence-corrected chi connectivity index (χ1v) is 6.41. The molecule has 3 atom stereocenters. The highest BCUT2D eigenvalue weighted by Crippen LogP contribution is 2.49. The second-order valence-electron chi connectivity index (χ2n) is 5.06. The van der Waals surface area contributed by atoms with E-state index in [1.807, 2.05) is 24.3 Å². The predicted octanol–water partition coefficient (Wildman–Crippen LogP) is 3.34. The molecular weight excluding hydrogens is 234 g/mol. The third-order valence-electron chi connectivity index (χ3n) is 4.00. The summed E-state index contributed by atoms with van der Waals surface area (Å²) >= 11 is 6.17. The maximum Gasteiger partial charge on any atom is 0.0900 e. The van der Waals surface area contributed by atoms with E-state index in [1.54, 1.807) is 0 Å². The van der Waals surface area contributed by atoms with Gasteiger partial charge >= 0.3 is 0 Å². The van der Waals surface area contributed by atoms with E-state index in [-0.39, 0.29) is 11.5 Å². The zero-order chi connectivity index (χ0) is 11.9. The highest BCUT2D eigenvalue weighted by molar-refractivity contribution is 6.31. The second-order valence-corrected chi connectivity index (χ2v) is 5.47. The second kappa shape index (κ2) is 4.01. The van der Waals surface area contributed by atoms with Crippen molar-refractivity contribution in [3.8, 4) is 6.07 Å². The lowest BCUT2D eigenvalue weighted by Crippen LogP contribution is -2.33. The first-order valence-electron chi connectivity index (χ1n) is 6.04. The van der Waals surface area contributed by atoms with Crippen LogP contribution in [-0.4, -0.2) is 12.2 Å². The molecule has 0 spiro atoms. The van der Waals surface area contributed by atoms with Crippen molar-refractivity contribution >= 4 is 11.6 Å². The minimum atomic E-state index is -0.353. The standard InChI is InChI=1S/C14H14ClNO/c15-12-4-2-1-3-10(12)7-14(9-16)8-11-5-6-13(14)17-11/h1-4,11,13H,5-8H2. The molecule has 2 aliphatic heterocycles. The van der Waals surface area contributed by atoms with Crippen LogP contribution in [0.4, 0.5) is 0 Å². The molecule has 3 unspecified atom stereocenters. The van der Waals surface area contributed by atoms with Crippen LogP contribution >= 0.6 is 11.6 Å². The molecule has 2 nitrogen and oxygen atoms in total. The quantitative estimate of drug-likeness (QED) is 0.803. The van der Waals surface area contributed by atoms with Gasteiger partial charge in [-0.15, -0.1) is 0 Å². The Hall–Kier alpha value is -1.04. The lowest BCUT2D eigenvalue weighted by atomic mass is 9.71. The number of nitriles is 1. The summed E-state index contributed by atoms with van der Waals surface area (Å²) in [6.45, 7) is 0. The molecule has 88 valence electrons. The van der Waals surface area contributed by atoms with Crippen molar-refractivity contribution in [1.29, 1.82) is 5.26 Å². The van der Waals surface area contributed by atoms with Crippen LogP contribution in [0, 0.1) is 16.7 Å². The average molecular weight is 248 g/mol. The Bertz CT molecular complexity index is 481. The van der Waals surface area contributed by atoms with Gasteiger partial charge in [-0.2, -0.15) is 5.26 Å². The monoisotopic (exact) mass is 247 g/mol. The van der Waals surface area contributed by atoms with Crippen molar-refractivity contribution < 1.29 is 4.74 Å². The summed E-state index contributed by atoms with van der Waals surface area (Å²) in [5.41, 5.74) is 0.709. The van der Waals surface area contributed by atoms with Gasteiger partial charge in [-0.05, 0) is 37.3 Å². The van der Waals surface area contributed by atoms with Gasteiger partial charge in [0.15, 0.2) is 0 Å². The third kappa shape index (κ3) is 1.74. The Balaban J connectivity index is 1.89. The topological polar surface area (TPSA) is 33.0 Å². The number of halogens is 1. The minimum absolute atomic E-state index is 0.105. The van der Waals surface area contributed by atoms with Crippen LogP contribution in [0.25, 0.3) is 0 Å². The van der Waals surface area contributed by atoms with E-state index < -0.39 is 0 Å². The van der Waals surface area contributed by atoms with Crippen molar-refractivity contribution in [1.82, 2.24) is 0 Å². The summed E-state index contributed by atoms with van der Waals surface area (Å²) < 4.78 is 5.83. The summed E-state index contributed by atoms with van der Waals surface area (Å²) in [7, 11) is 0. The van der Waals surface area contributed by atoms with E-state index in [0.29, 0.717) is 12.5 Å². The smallest absolute Gasteiger partial charge is 0.0900 e. The Kier molecular flexibility index (Phi) is 2.61. The highest BCUT2D eigenvalue weighted by atomic mass is 35.5. The molecule has 2 heterocycles. The first-order chi connectivity index (χ1) is 8.23. The number of hydrogen-bond donors (Lipinski definition) is 0. The van der Waals surface area contributed by atoms with Crippen molar-refractivity contribution in [2.24, 2.45) is 5.41 Å². The van der Waals surface area contributed by atoms with Crippen LogP contribution in [0.15, 0.2) is 24.3 Å². The Morgan fingerprint density at radius 2 is 2.24 bits per heavy atom. The lowest BCUT2D eigenvalue weighted by Gasteiger charge is -2.28. The van der Waals surface area contributed by atoms with Gasteiger partial charge in [0.2, 0.25) is 0 Å². The Labute approximate surface area is 106 Å². The first kappa shape index (κ1) is 11.1. The van der Waals surface area contributed by atoms with Crippen molar-refractivity contribution in [3.05, 3.63) is 34.9 Å². The highest BCUT2D eigenvalue weighted by Gasteiger charge is 2.52. The molecule has 2 aliphatic rings. The largest absolute Gasteiger partial charge is 0.373 e. The van der Waals surface area contributed by atoms with Gasteiger partial charge in [0.25, 0.3) is 0 Å². The zero-order valence-electron chi connectivity index (χ0n) is 9.53. The number of hydrogen-bond acceptors (Lipinski definition) is 2. The van der Waals surface area contributed by atoms with Crippen LogP contribution in [0.5, 0.6) is 0 Å². The molecule has 0 aromatic heterocycles. The Morgan fingerprint density at radius 3 is 2.82 bits per heavy atom. The number of benzene rings is 1. The molecule has 17 heavy (non-hydrogen) atoms. The fourth-order valence-electron chi connectivity index (χ4n) is 3.12. The maximum atomic E-state index is 9.52. The minimum Gasteiger partial charge on any atom is -0.373 e. The molecule has 1 aromatic rings. The van der Waals surface area contributed by atoms with Crippen molar-refractivity contribution in [2.45, 2.75) is 37.9 Å². The molecule has 2 fully saturated rings. The van der Waals surface area contributed by atoms with Gasteiger partial charge in [0.1, 0.15) is 0 Å².